The van der Waals surface area contributed by atoms with E-state index in [1.54, 1.807) is 29.9 Å². The first-order valence-corrected chi connectivity index (χ1v) is 10.6. The van der Waals surface area contributed by atoms with Crippen LogP contribution >= 0.6 is 23.4 Å². The van der Waals surface area contributed by atoms with Gasteiger partial charge >= 0.3 is 0 Å². The average molecular weight is 426 g/mol. The van der Waals surface area contributed by atoms with E-state index in [0.29, 0.717) is 53.9 Å². The normalized spacial score (nSPS) is 17.2. The van der Waals surface area contributed by atoms with Crippen LogP contribution < -0.4 is 5.56 Å². The maximum atomic E-state index is 12.9. The predicted molar refractivity (Wildman–Crippen MR) is 110 cm³/mol. The van der Waals surface area contributed by atoms with Gasteiger partial charge in [-0.15, -0.1) is 0 Å². The lowest BCUT2D eigenvalue weighted by atomic mass is 10.2. The summed E-state index contributed by atoms with van der Waals surface area (Å²) < 4.78 is 12.3. The minimum Gasteiger partial charge on any atom is -0.383 e. The first kappa shape index (κ1) is 21.1. The van der Waals surface area contributed by atoms with Gasteiger partial charge in [0, 0.05) is 25.2 Å². The average Bonchev–Trinajstić information content (AvgIpc) is 2.71. The van der Waals surface area contributed by atoms with Crippen LogP contribution in [0.3, 0.4) is 0 Å². The number of rotatable bonds is 7. The first-order chi connectivity index (χ1) is 13.5. The highest BCUT2D eigenvalue weighted by molar-refractivity contribution is 7.99. The highest BCUT2D eigenvalue weighted by Gasteiger charge is 2.23. The maximum Gasteiger partial charge on any atom is 0.262 e. The van der Waals surface area contributed by atoms with Gasteiger partial charge in [-0.1, -0.05) is 30.3 Å². The molecule has 2 heterocycles. The molecule has 28 heavy (non-hydrogen) atoms. The van der Waals surface area contributed by atoms with Crippen molar-refractivity contribution in [3.8, 4) is 0 Å². The third-order valence-electron chi connectivity index (χ3n) is 4.67. The van der Waals surface area contributed by atoms with Crippen LogP contribution in [0.2, 0.25) is 5.02 Å². The second-order valence-electron chi connectivity index (χ2n) is 6.53. The molecule has 0 saturated carbocycles. The zero-order chi connectivity index (χ0) is 20.1. The van der Waals surface area contributed by atoms with Gasteiger partial charge in [0.1, 0.15) is 0 Å². The largest absolute Gasteiger partial charge is 0.383 e. The predicted octanol–water partition coefficient (Wildman–Crippen LogP) is 2.43. The Morgan fingerprint density at radius 3 is 3.04 bits per heavy atom. The summed E-state index contributed by atoms with van der Waals surface area (Å²) in [7, 11) is 1.58. The van der Waals surface area contributed by atoms with E-state index in [4.69, 9.17) is 21.1 Å². The molecule has 1 aromatic heterocycles. The number of amides is 1. The molecule has 1 amide bonds. The summed E-state index contributed by atoms with van der Waals surface area (Å²) in [6.07, 6.45) is 0.962. The number of thioether (sulfide) groups is 1. The number of aromatic nitrogens is 2. The fourth-order valence-electron chi connectivity index (χ4n) is 3.07. The number of halogens is 1. The zero-order valence-electron chi connectivity index (χ0n) is 16.0. The molecule has 1 saturated heterocycles. The molecule has 1 aromatic carbocycles. The fourth-order valence-corrected chi connectivity index (χ4v) is 4.17. The Balaban J connectivity index is 1.82. The first-order valence-electron chi connectivity index (χ1n) is 9.24. The van der Waals surface area contributed by atoms with Crippen molar-refractivity contribution in [1.82, 2.24) is 14.5 Å². The zero-order valence-corrected chi connectivity index (χ0v) is 17.6. The molecule has 0 radical (unpaired) electrons. The highest BCUT2D eigenvalue weighted by atomic mass is 35.5. The van der Waals surface area contributed by atoms with Gasteiger partial charge in [-0.25, -0.2) is 4.98 Å². The Morgan fingerprint density at radius 1 is 1.46 bits per heavy atom. The van der Waals surface area contributed by atoms with Crippen molar-refractivity contribution >= 4 is 40.2 Å². The standard InChI is InChI=1S/C19H24ClN3O4S/c1-3-14-11-22(6-9-27-14)17(24)12-28-19-21-16-10-13(20)4-5-15(16)18(25)23(19)7-8-26-2/h4-5,10,14H,3,6-9,11-12H2,1-2H3. The summed E-state index contributed by atoms with van der Waals surface area (Å²) in [6, 6.07) is 5.01. The topological polar surface area (TPSA) is 73.7 Å². The van der Waals surface area contributed by atoms with Crippen LogP contribution in [0.5, 0.6) is 0 Å². The molecule has 1 fully saturated rings. The van der Waals surface area contributed by atoms with Crippen molar-refractivity contribution in [3.63, 3.8) is 0 Å². The van der Waals surface area contributed by atoms with Crippen LogP contribution in [0.25, 0.3) is 10.9 Å². The van der Waals surface area contributed by atoms with E-state index in [1.165, 1.54) is 11.8 Å². The molecule has 0 aliphatic carbocycles. The highest BCUT2D eigenvalue weighted by Crippen LogP contribution is 2.21. The molecule has 9 heteroatoms. The van der Waals surface area contributed by atoms with Crippen LogP contribution in [-0.4, -0.2) is 65.6 Å². The SMILES string of the molecule is CCC1CN(C(=O)CSc2nc3cc(Cl)ccc3c(=O)n2CCOC)CCO1. The van der Waals surface area contributed by atoms with Crippen molar-refractivity contribution in [2.24, 2.45) is 0 Å². The number of ether oxygens (including phenoxy) is 2. The van der Waals surface area contributed by atoms with E-state index >= 15 is 0 Å². The lowest BCUT2D eigenvalue weighted by Crippen LogP contribution is -2.46. The second kappa shape index (κ2) is 9.73. The number of carbonyl (C=O) groups is 1. The second-order valence-corrected chi connectivity index (χ2v) is 7.91. The number of morpholine rings is 1. The van der Waals surface area contributed by atoms with Crippen LogP contribution in [0.4, 0.5) is 0 Å². The Bertz CT molecular complexity index is 905. The minimum absolute atomic E-state index is 0.0190. The van der Waals surface area contributed by atoms with E-state index < -0.39 is 0 Å². The number of nitrogens with zero attached hydrogens (tertiary/aromatic N) is 3. The smallest absolute Gasteiger partial charge is 0.262 e. The van der Waals surface area contributed by atoms with Gasteiger partial charge in [-0.05, 0) is 24.6 Å². The Kier molecular flexibility index (Phi) is 7.34. The molecule has 2 aromatic rings. The minimum atomic E-state index is -0.161. The summed E-state index contributed by atoms with van der Waals surface area (Å²) in [5, 5.41) is 1.50. The molecule has 1 aliphatic rings. The number of hydrogen-bond acceptors (Lipinski definition) is 6. The quantitative estimate of drug-likeness (QED) is 0.501. The Morgan fingerprint density at radius 2 is 2.29 bits per heavy atom. The van der Waals surface area contributed by atoms with Crippen molar-refractivity contribution in [2.45, 2.75) is 31.1 Å². The van der Waals surface area contributed by atoms with Crippen molar-refractivity contribution < 1.29 is 14.3 Å². The molecular formula is C19H24ClN3O4S. The van der Waals surface area contributed by atoms with E-state index in [9.17, 15) is 9.59 Å². The summed E-state index contributed by atoms with van der Waals surface area (Å²) in [5.41, 5.74) is 0.365. The van der Waals surface area contributed by atoms with E-state index in [2.05, 4.69) is 4.98 Å². The Hall–Kier alpha value is -1.61. The number of benzene rings is 1. The molecule has 3 rings (SSSR count). The molecule has 1 unspecified atom stereocenters. The van der Waals surface area contributed by atoms with Crippen LogP contribution in [0.15, 0.2) is 28.2 Å². The summed E-state index contributed by atoms with van der Waals surface area (Å²) in [6.45, 7) is 4.54. The number of fused-ring (bicyclic) bond motifs is 1. The molecule has 0 spiro atoms. The van der Waals surface area contributed by atoms with Gasteiger partial charge < -0.3 is 14.4 Å². The van der Waals surface area contributed by atoms with Gasteiger partial charge in [0.25, 0.3) is 5.56 Å². The molecule has 0 N–H and O–H groups in total. The van der Waals surface area contributed by atoms with Gasteiger partial charge in [-0.2, -0.15) is 0 Å². The van der Waals surface area contributed by atoms with E-state index in [1.807, 2.05) is 11.8 Å². The number of carbonyl (C=O) groups excluding carboxylic acids is 1. The monoisotopic (exact) mass is 425 g/mol. The molecule has 1 aliphatic heterocycles. The van der Waals surface area contributed by atoms with Crippen LogP contribution in [0, 0.1) is 0 Å². The van der Waals surface area contributed by atoms with Crippen LogP contribution in [-0.2, 0) is 20.8 Å². The molecular weight excluding hydrogens is 402 g/mol. The lowest BCUT2D eigenvalue weighted by Gasteiger charge is -2.32. The van der Waals surface area contributed by atoms with Gasteiger partial charge in [-0.3, -0.25) is 14.2 Å². The van der Waals surface area contributed by atoms with Crippen LogP contribution in [0.1, 0.15) is 13.3 Å². The third kappa shape index (κ3) is 4.86. The molecule has 152 valence electrons. The number of hydrogen-bond donors (Lipinski definition) is 0. The van der Waals surface area contributed by atoms with Crippen molar-refractivity contribution in [1.29, 1.82) is 0 Å². The van der Waals surface area contributed by atoms with Gasteiger partial charge in [0.15, 0.2) is 5.16 Å². The van der Waals surface area contributed by atoms with Crippen molar-refractivity contribution in [2.75, 3.05) is 39.2 Å². The van der Waals surface area contributed by atoms with Crippen molar-refractivity contribution in [3.05, 3.63) is 33.6 Å². The van der Waals surface area contributed by atoms with E-state index in [-0.39, 0.29) is 23.3 Å². The maximum absolute atomic E-state index is 12.9. The Labute approximate surface area is 173 Å². The summed E-state index contributed by atoms with van der Waals surface area (Å²) in [4.78, 5) is 32.0. The summed E-state index contributed by atoms with van der Waals surface area (Å²) in [5.74, 6) is 0.229. The number of methoxy groups -OCH3 is 1. The molecule has 0 bridgehead atoms. The molecule has 7 nitrogen and oxygen atoms in total. The summed E-state index contributed by atoms with van der Waals surface area (Å²) >= 11 is 7.32. The fraction of sp³-hybridized carbons (Fsp3) is 0.526. The van der Waals surface area contributed by atoms with Gasteiger partial charge in [0.2, 0.25) is 5.91 Å². The van der Waals surface area contributed by atoms with E-state index in [0.717, 1.165) is 6.42 Å². The van der Waals surface area contributed by atoms with Gasteiger partial charge in [0.05, 0.1) is 42.5 Å². The molecule has 1 atom stereocenters. The third-order valence-corrected chi connectivity index (χ3v) is 5.87. The lowest BCUT2D eigenvalue weighted by molar-refractivity contribution is -0.135.